The van der Waals surface area contributed by atoms with Crippen molar-refractivity contribution in [2.45, 2.75) is 38.3 Å². The van der Waals surface area contributed by atoms with Gasteiger partial charge < -0.3 is 5.73 Å². The smallest absolute Gasteiger partial charge is 0.0409 e. The van der Waals surface area contributed by atoms with E-state index >= 15 is 0 Å². The van der Waals surface area contributed by atoms with Gasteiger partial charge in [-0.2, -0.15) is 0 Å². The lowest BCUT2D eigenvalue weighted by Crippen LogP contribution is -2.42. The molecule has 1 aliphatic carbocycles. The van der Waals surface area contributed by atoms with Crippen molar-refractivity contribution in [2.75, 3.05) is 13.6 Å². The quantitative estimate of drug-likeness (QED) is 0.906. The van der Waals surface area contributed by atoms with Gasteiger partial charge in [0, 0.05) is 17.6 Å². The maximum atomic E-state index is 6.03. The molecular formula is C15H23ClN2. The molecule has 2 nitrogen and oxygen atoms in total. The summed E-state index contributed by atoms with van der Waals surface area (Å²) < 4.78 is 0. The molecule has 0 spiro atoms. The van der Waals surface area contributed by atoms with E-state index in [9.17, 15) is 0 Å². The van der Waals surface area contributed by atoms with Crippen LogP contribution in [0.25, 0.3) is 0 Å². The average molecular weight is 267 g/mol. The molecule has 0 heterocycles. The predicted octanol–water partition coefficient (Wildman–Crippen LogP) is 3.29. The minimum absolute atomic E-state index is 0.628. The summed E-state index contributed by atoms with van der Waals surface area (Å²) in [4.78, 5) is 2.45. The molecule has 100 valence electrons. The van der Waals surface area contributed by atoms with Crippen LogP contribution in [-0.4, -0.2) is 24.5 Å². The van der Waals surface area contributed by atoms with Crippen molar-refractivity contribution in [2.24, 2.45) is 11.7 Å². The molecule has 2 rings (SSSR count). The topological polar surface area (TPSA) is 29.3 Å². The van der Waals surface area contributed by atoms with Crippen LogP contribution in [0, 0.1) is 5.92 Å². The summed E-state index contributed by atoms with van der Waals surface area (Å²) in [6, 6.07) is 8.77. The van der Waals surface area contributed by atoms with E-state index in [0.29, 0.717) is 12.0 Å². The van der Waals surface area contributed by atoms with Crippen LogP contribution in [0.2, 0.25) is 5.02 Å². The van der Waals surface area contributed by atoms with Gasteiger partial charge in [0.2, 0.25) is 0 Å². The Hall–Kier alpha value is -0.570. The maximum absolute atomic E-state index is 6.03. The fraction of sp³-hybridized carbons (Fsp3) is 0.600. The van der Waals surface area contributed by atoms with Gasteiger partial charge in [0.15, 0.2) is 0 Å². The molecule has 18 heavy (non-hydrogen) atoms. The first-order valence-electron chi connectivity index (χ1n) is 6.85. The van der Waals surface area contributed by atoms with Crippen molar-refractivity contribution in [3.05, 3.63) is 34.9 Å². The number of benzene rings is 1. The van der Waals surface area contributed by atoms with Crippen LogP contribution in [0.15, 0.2) is 24.3 Å². The molecule has 2 atom stereocenters. The Morgan fingerprint density at radius 2 is 2.11 bits per heavy atom. The van der Waals surface area contributed by atoms with Crippen LogP contribution in [0.5, 0.6) is 0 Å². The average Bonchev–Trinajstić information content (AvgIpc) is 2.38. The monoisotopic (exact) mass is 266 g/mol. The SMILES string of the molecule is CN(Cc1cccc(Cl)c1)C1CCCCC1CN. The van der Waals surface area contributed by atoms with Crippen LogP contribution >= 0.6 is 11.6 Å². The first kappa shape index (κ1) is 13.9. The Morgan fingerprint density at radius 1 is 1.33 bits per heavy atom. The Labute approximate surface area is 115 Å². The van der Waals surface area contributed by atoms with Gasteiger partial charge in [0.05, 0.1) is 0 Å². The minimum Gasteiger partial charge on any atom is -0.330 e. The van der Waals surface area contributed by atoms with E-state index in [0.717, 1.165) is 18.1 Å². The highest BCUT2D eigenvalue weighted by atomic mass is 35.5. The van der Waals surface area contributed by atoms with Gasteiger partial charge in [0.1, 0.15) is 0 Å². The van der Waals surface area contributed by atoms with Crippen molar-refractivity contribution in [3.63, 3.8) is 0 Å². The lowest BCUT2D eigenvalue weighted by Gasteiger charge is -2.37. The molecule has 1 fully saturated rings. The lowest BCUT2D eigenvalue weighted by atomic mass is 9.83. The van der Waals surface area contributed by atoms with Crippen molar-refractivity contribution in [3.8, 4) is 0 Å². The summed E-state index contributed by atoms with van der Waals surface area (Å²) in [5.41, 5.74) is 7.18. The fourth-order valence-corrected chi connectivity index (χ4v) is 3.30. The van der Waals surface area contributed by atoms with Crippen LogP contribution in [0.1, 0.15) is 31.2 Å². The molecule has 0 bridgehead atoms. The Balaban J connectivity index is 1.99. The van der Waals surface area contributed by atoms with E-state index < -0.39 is 0 Å². The van der Waals surface area contributed by atoms with Crippen molar-refractivity contribution in [1.29, 1.82) is 0 Å². The molecule has 1 aromatic carbocycles. The minimum atomic E-state index is 0.628. The number of hydrogen-bond donors (Lipinski definition) is 1. The highest BCUT2D eigenvalue weighted by Crippen LogP contribution is 2.28. The van der Waals surface area contributed by atoms with Crippen LogP contribution in [0.3, 0.4) is 0 Å². The summed E-state index contributed by atoms with van der Waals surface area (Å²) in [6.45, 7) is 1.77. The van der Waals surface area contributed by atoms with Crippen molar-refractivity contribution in [1.82, 2.24) is 4.90 Å². The molecule has 0 radical (unpaired) electrons. The third-order valence-corrected chi connectivity index (χ3v) is 4.29. The fourth-order valence-electron chi connectivity index (χ4n) is 3.08. The van der Waals surface area contributed by atoms with Crippen molar-refractivity contribution >= 4 is 11.6 Å². The molecule has 1 aliphatic rings. The summed E-state index contributed by atoms with van der Waals surface area (Å²) in [5.74, 6) is 0.655. The third-order valence-electron chi connectivity index (χ3n) is 4.06. The van der Waals surface area contributed by atoms with Gasteiger partial charge in [-0.3, -0.25) is 4.90 Å². The van der Waals surface area contributed by atoms with Gasteiger partial charge in [0.25, 0.3) is 0 Å². The molecule has 0 amide bonds. The third kappa shape index (κ3) is 3.47. The lowest BCUT2D eigenvalue weighted by molar-refractivity contribution is 0.127. The van der Waals surface area contributed by atoms with Gasteiger partial charge >= 0.3 is 0 Å². The first-order valence-corrected chi connectivity index (χ1v) is 7.23. The first-order chi connectivity index (χ1) is 8.70. The van der Waals surface area contributed by atoms with Gasteiger partial charge in [-0.25, -0.2) is 0 Å². The second-order valence-corrected chi connectivity index (χ2v) is 5.83. The zero-order valence-electron chi connectivity index (χ0n) is 11.1. The zero-order valence-corrected chi connectivity index (χ0v) is 11.9. The number of hydrogen-bond acceptors (Lipinski definition) is 2. The van der Waals surface area contributed by atoms with E-state index in [1.54, 1.807) is 0 Å². The van der Waals surface area contributed by atoms with Crippen LogP contribution < -0.4 is 5.73 Å². The molecule has 3 heteroatoms. The molecule has 2 unspecified atom stereocenters. The second kappa shape index (κ2) is 6.55. The summed E-state index contributed by atoms with van der Waals surface area (Å²) >= 11 is 6.03. The predicted molar refractivity (Wildman–Crippen MR) is 77.7 cm³/mol. The highest BCUT2D eigenvalue weighted by molar-refractivity contribution is 6.30. The molecule has 0 saturated heterocycles. The summed E-state index contributed by atoms with van der Waals surface area (Å²) in [6.07, 6.45) is 5.23. The van der Waals surface area contributed by atoms with E-state index in [1.165, 1.54) is 31.2 Å². The highest BCUT2D eigenvalue weighted by Gasteiger charge is 2.27. The molecular weight excluding hydrogens is 244 g/mol. The van der Waals surface area contributed by atoms with E-state index in [2.05, 4.69) is 24.1 Å². The number of halogens is 1. The molecule has 2 N–H and O–H groups in total. The summed E-state index contributed by atoms with van der Waals surface area (Å²) in [5, 5.41) is 0.819. The molecule has 0 aliphatic heterocycles. The standard InChI is InChI=1S/C15H23ClN2/c1-18(11-12-5-4-7-14(16)9-12)15-8-3-2-6-13(15)10-17/h4-5,7,9,13,15H,2-3,6,8,10-11,17H2,1H3. The molecule has 0 aromatic heterocycles. The Morgan fingerprint density at radius 3 is 2.83 bits per heavy atom. The van der Waals surface area contributed by atoms with E-state index in [-0.39, 0.29) is 0 Å². The normalized spacial score (nSPS) is 24.4. The maximum Gasteiger partial charge on any atom is 0.0409 e. The summed E-state index contributed by atoms with van der Waals surface area (Å²) in [7, 11) is 2.21. The molecule has 1 aromatic rings. The number of nitrogens with zero attached hydrogens (tertiary/aromatic N) is 1. The van der Waals surface area contributed by atoms with Crippen molar-refractivity contribution < 1.29 is 0 Å². The van der Waals surface area contributed by atoms with E-state index in [4.69, 9.17) is 17.3 Å². The van der Waals surface area contributed by atoms with Crippen LogP contribution in [0.4, 0.5) is 0 Å². The number of rotatable bonds is 4. The van der Waals surface area contributed by atoms with Crippen LogP contribution in [-0.2, 0) is 6.54 Å². The zero-order chi connectivity index (χ0) is 13.0. The van der Waals surface area contributed by atoms with Gasteiger partial charge in [-0.05, 0) is 50.0 Å². The second-order valence-electron chi connectivity index (χ2n) is 5.39. The molecule has 1 saturated carbocycles. The Kier molecular flexibility index (Phi) is 5.04. The Bertz CT molecular complexity index is 381. The van der Waals surface area contributed by atoms with Gasteiger partial charge in [-0.15, -0.1) is 0 Å². The number of nitrogens with two attached hydrogens (primary N) is 1. The van der Waals surface area contributed by atoms with E-state index in [1.807, 2.05) is 12.1 Å². The largest absolute Gasteiger partial charge is 0.330 e. The van der Waals surface area contributed by atoms with Gasteiger partial charge in [-0.1, -0.05) is 36.6 Å².